The summed E-state index contributed by atoms with van der Waals surface area (Å²) in [6.45, 7) is 4.80. The Morgan fingerprint density at radius 2 is 2.12 bits per heavy atom. The highest BCUT2D eigenvalue weighted by atomic mass is 16.1. The van der Waals surface area contributed by atoms with E-state index in [2.05, 4.69) is 26.0 Å². The van der Waals surface area contributed by atoms with Gasteiger partial charge in [-0.2, -0.15) is 5.10 Å². The van der Waals surface area contributed by atoms with Gasteiger partial charge in [0.15, 0.2) is 5.96 Å². The molecule has 0 atom stereocenters. The number of hydrogen-bond donors (Lipinski definition) is 3. The normalized spacial score (nSPS) is 11.2. The first-order valence-corrected chi connectivity index (χ1v) is 8.52. The van der Waals surface area contributed by atoms with E-state index >= 15 is 0 Å². The number of aromatic nitrogens is 2. The van der Waals surface area contributed by atoms with Crippen molar-refractivity contribution >= 4 is 11.9 Å². The minimum Gasteiger partial charge on any atom is -0.356 e. The molecule has 0 saturated heterocycles. The van der Waals surface area contributed by atoms with Crippen molar-refractivity contribution in [1.82, 2.24) is 25.7 Å². The van der Waals surface area contributed by atoms with Crippen molar-refractivity contribution < 1.29 is 4.79 Å². The number of amides is 1. The molecule has 0 saturated carbocycles. The van der Waals surface area contributed by atoms with Crippen molar-refractivity contribution in [2.45, 2.75) is 26.4 Å². The van der Waals surface area contributed by atoms with Gasteiger partial charge in [-0.05, 0) is 37.1 Å². The maximum Gasteiger partial charge on any atom is 0.251 e. The van der Waals surface area contributed by atoms with Crippen molar-refractivity contribution in [3.63, 3.8) is 0 Å². The van der Waals surface area contributed by atoms with E-state index in [1.165, 1.54) is 0 Å². The van der Waals surface area contributed by atoms with Gasteiger partial charge in [-0.25, -0.2) is 0 Å². The Morgan fingerprint density at radius 3 is 2.84 bits per heavy atom. The molecule has 2 aromatic rings. The lowest BCUT2D eigenvalue weighted by Crippen LogP contribution is -2.37. The molecule has 1 aromatic carbocycles. The Morgan fingerprint density at radius 1 is 1.24 bits per heavy atom. The second-order valence-corrected chi connectivity index (χ2v) is 5.54. The molecule has 1 amide bonds. The van der Waals surface area contributed by atoms with E-state index in [4.69, 9.17) is 0 Å². The number of nitrogens with zero attached hydrogens (tertiary/aromatic N) is 3. The summed E-state index contributed by atoms with van der Waals surface area (Å²) in [4.78, 5) is 16.1. The fraction of sp³-hybridized carbons (Fsp3) is 0.389. The summed E-state index contributed by atoms with van der Waals surface area (Å²) in [6, 6.07) is 9.51. The Balaban J connectivity index is 1.76. The highest BCUT2D eigenvalue weighted by Crippen LogP contribution is 2.05. The largest absolute Gasteiger partial charge is 0.356 e. The van der Waals surface area contributed by atoms with Crippen LogP contribution in [0.2, 0.25) is 0 Å². The molecule has 25 heavy (non-hydrogen) atoms. The van der Waals surface area contributed by atoms with Gasteiger partial charge in [-0.3, -0.25) is 14.5 Å². The SMILES string of the molecule is CCNC(=O)c1cccc(CNC(=NC)NCCCn2cccn2)c1. The monoisotopic (exact) mass is 342 g/mol. The first-order valence-electron chi connectivity index (χ1n) is 8.52. The van der Waals surface area contributed by atoms with Crippen LogP contribution in [-0.2, 0) is 13.1 Å². The summed E-state index contributed by atoms with van der Waals surface area (Å²) in [7, 11) is 1.74. The van der Waals surface area contributed by atoms with Gasteiger partial charge in [0.05, 0.1) is 0 Å². The molecule has 1 heterocycles. The Kier molecular flexibility index (Phi) is 7.49. The number of aryl methyl sites for hydroxylation is 1. The van der Waals surface area contributed by atoms with Crippen LogP contribution in [-0.4, -0.2) is 41.8 Å². The average molecular weight is 342 g/mol. The van der Waals surface area contributed by atoms with Gasteiger partial charge in [-0.15, -0.1) is 0 Å². The highest BCUT2D eigenvalue weighted by Gasteiger charge is 2.05. The van der Waals surface area contributed by atoms with E-state index in [-0.39, 0.29) is 5.91 Å². The fourth-order valence-corrected chi connectivity index (χ4v) is 2.37. The minimum atomic E-state index is -0.0505. The van der Waals surface area contributed by atoms with E-state index in [0.29, 0.717) is 18.7 Å². The number of guanidine groups is 1. The topological polar surface area (TPSA) is 83.3 Å². The second-order valence-electron chi connectivity index (χ2n) is 5.54. The maximum absolute atomic E-state index is 11.9. The van der Waals surface area contributed by atoms with Crippen LogP contribution in [0.15, 0.2) is 47.7 Å². The molecule has 0 spiro atoms. The number of benzene rings is 1. The molecule has 134 valence electrons. The number of nitrogens with one attached hydrogen (secondary N) is 3. The zero-order valence-electron chi connectivity index (χ0n) is 14.8. The quantitative estimate of drug-likeness (QED) is 0.385. The van der Waals surface area contributed by atoms with Gasteiger partial charge in [0.2, 0.25) is 0 Å². The summed E-state index contributed by atoms with van der Waals surface area (Å²) in [5.41, 5.74) is 1.70. The van der Waals surface area contributed by atoms with E-state index in [1.807, 2.05) is 48.1 Å². The zero-order valence-corrected chi connectivity index (χ0v) is 14.8. The van der Waals surface area contributed by atoms with Gasteiger partial charge >= 0.3 is 0 Å². The zero-order chi connectivity index (χ0) is 17.9. The molecule has 1 aromatic heterocycles. The first kappa shape index (κ1) is 18.5. The molecule has 3 N–H and O–H groups in total. The summed E-state index contributed by atoms with van der Waals surface area (Å²) in [6.07, 6.45) is 4.69. The second kappa shape index (κ2) is 10.1. The predicted octanol–water partition coefficient (Wildman–Crippen LogP) is 1.39. The molecule has 7 heteroatoms. The lowest BCUT2D eigenvalue weighted by molar-refractivity contribution is 0.0955. The third kappa shape index (κ3) is 6.29. The van der Waals surface area contributed by atoms with Gasteiger partial charge in [0, 0.05) is 51.2 Å². The first-order chi connectivity index (χ1) is 12.2. The van der Waals surface area contributed by atoms with Crippen LogP contribution < -0.4 is 16.0 Å². The minimum absolute atomic E-state index is 0.0505. The van der Waals surface area contributed by atoms with Crippen LogP contribution in [0.4, 0.5) is 0 Å². The summed E-state index contributed by atoms with van der Waals surface area (Å²) >= 11 is 0. The Hall–Kier alpha value is -2.83. The number of rotatable bonds is 8. The van der Waals surface area contributed by atoms with Crippen molar-refractivity contribution in [2.75, 3.05) is 20.1 Å². The molecule has 0 unspecified atom stereocenters. The van der Waals surface area contributed by atoms with Crippen molar-refractivity contribution in [3.8, 4) is 0 Å². The number of hydrogen-bond acceptors (Lipinski definition) is 3. The molecule has 0 radical (unpaired) electrons. The van der Waals surface area contributed by atoms with Gasteiger partial charge < -0.3 is 16.0 Å². The summed E-state index contributed by atoms with van der Waals surface area (Å²) in [5.74, 6) is 0.689. The third-order valence-electron chi connectivity index (χ3n) is 3.63. The maximum atomic E-state index is 11.9. The lowest BCUT2D eigenvalue weighted by Gasteiger charge is -2.12. The van der Waals surface area contributed by atoms with Crippen molar-refractivity contribution in [1.29, 1.82) is 0 Å². The highest BCUT2D eigenvalue weighted by molar-refractivity contribution is 5.94. The molecule has 0 aliphatic carbocycles. The molecule has 7 nitrogen and oxygen atoms in total. The molecule has 0 bridgehead atoms. The molecule has 0 fully saturated rings. The lowest BCUT2D eigenvalue weighted by atomic mass is 10.1. The number of carbonyl (C=O) groups excluding carboxylic acids is 1. The molecule has 2 rings (SSSR count). The van der Waals surface area contributed by atoms with Crippen LogP contribution in [0.5, 0.6) is 0 Å². The Labute approximate surface area is 148 Å². The molecular formula is C18H26N6O. The Bertz CT molecular complexity index is 681. The predicted molar refractivity (Wildman–Crippen MR) is 99.5 cm³/mol. The van der Waals surface area contributed by atoms with E-state index < -0.39 is 0 Å². The third-order valence-corrected chi connectivity index (χ3v) is 3.63. The van der Waals surface area contributed by atoms with Crippen molar-refractivity contribution in [2.24, 2.45) is 4.99 Å². The van der Waals surface area contributed by atoms with Crippen LogP contribution >= 0.6 is 0 Å². The smallest absolute Gasteiger partial charge is 0.251 e. The molecular weight excluding hydrogens is 316 g/mol. The number of aliphatic imine (C=N–C) groups is 1. The van der Waals surface area contributed by atoms with Crippen LogP contribution in [0.3, 0.4) is 0 Å². The van der Waals surface area contributed by atoms with E-state index in [0.717, 1.165) is 31.0 Å². The fourth-order valence-electron chi connectivity index (χ4n) is 2.37. The number of carbonyl (C=O) groups is 1. The summed E-state index contributed by atoms with van der Waals surface area (Å²) < 4.78 is 1.91. The summed E-state index contributed by atoms with van der Waals surface area (Å²) in [5, 5.41) is 13.5. The van der Waals surface area contributed by atoms with Crippen molar-refractivity contribution in [3.05, 3.63) is 53.9 Å². The van der Waals surface area contributed by atoms with Gasteiger partial charge in [0.25, 0.3) is 5.91 Å². The van der Waals surface area contributed by atoms with Crippen LogP contribution in [0.25, 0.3) is 0 Å². The van der Waals surface area contributed by atoms with Crippen LogP contribution in [0.1, 0.15) is 29.3 Å². The molecule has 0 aliphatic rings. The van der Waals surface area contributed by atoms with Crippen LogP contribution in [0, 0.1) is 0 Å². The standard InChI is InChI=1S/C18H26N6O/c1-3-20-17(25)16-8-4-7-15(13-16)14-22-18(19-2)21-9-5-11-24-12-6-10-23-24/h4,6-8,10,12-13H,3,5,9,11,14H2,1-2H3,(H,20,25)(H2,19,21,22). The van der Waals surface area contributed by atoms with E-state index in [9.17, 15) is 4.79 Å². The average Bonchev–Trinajstić information content (AvgIpc) is 3.15. The van der Waals surface area contributed by atoms with E-state index in [1.54, 1.807) is 13.2 Å². The molecule has 0 aliphatic heterocycles. The van der Waals surface area contributed by atoms with Gasteiger partial charge in [-0.1, -0.05) is 12.1 Å². The van der Waals surface area contributed by atoms with Gasteiger partial charge in [0.1, 0.15) is 0 Å².